The number of sulfone groups is 1. The first-order chi connectivity index (χ1) is 9.91. The molecule has 0 amide bonds. The van der Waals surface area contributed by atoms with E-state index < -0.39 is 9.84 Å². The van der Waals surface area contributed by atoms with E-state index in [2.05, 4.69) is 6.07 Å². The molecule has 0 heterocycles. The molecule has 0 saturated heterocycles. The van der Waals surface area contributed by atoms with E-state index in [-0.39, 0.29) is 11.5 Å². The van der Waals surface area contributed by atoms with Gasteiger partial charge in [-0.2, -0.15) is 5.26 Å². The molecular weight excluding hydrogens is 282 g/mol. The van der Waals surface area contributed by atoms with Crippen LogP contribution in [-0.2, 0) is 21.3 Å². The van der Waals surface area contributed by atoms with Gasteiger partial charge in [-0.1, -0.05) is 30.3 Å². The minimum atomic E-state index is -3.24. The molecule has 3 nitrogen and oxygen atoms in total. The predicted molar refractivity (Wildman–Crippen MR) is 83.4 cm³/mol. The molecule has 21 heavy (non-hydrogen) atoms. The summed E-state index contributed by atoms with van der Waals surface area (Å²) in [6, 6.07) is 14.7. The van der Waals surface area contributed by atoms with Crippen LogP contribution in [0.15, 0.2) is 42.5 Å². The van der Waals surface area contributed by atoms with Crippen molar-refractivity contribution in [1.82, 2.24) is 0 Å². The standard InChI is InChI=1S/C17H17NO2S/c1-13-5-3-4-6-16(13)11-21(19,20)12-17-8-7-15(10-18)9-14(17)2/h3-9H,11-12H2,1-2H3. The zero-order chi connectivity index (χ0) is 15.5. The molecule has 0 aromatic heterocycles. The van der Waals surface area contributed by atoms with Crippen LogP contribution in [0.3, 0.4) is 0 Å². The summed E-state index contributed by atoms with van der Waals surface area (Å²) >= 11 is 0. The number of aryl methyl sites for hydroxylation is 2. The molecular formula is C17H17NO2S. The third-order valence-electron chi connectivity index (χ3n) is 3.48. The summed E-state index contributed by atoms with van der Waals surface area (Å²) in [5, 5.41) is 8.84. The molecule has 0 bridgehead atoms. The highest BCUT2D eigenvalue weighted by molar-refractivity contribution is 7.89. The number of nitriles is 1. The van der Waals surface area contributed by atoms with Crippen LogP contribution in [0.1, 0.15) is 27.8 Å². The van der Waals surface area contributed by atoms with Gasteiger partial charge in [0.25, 0.3) is 0 Å². The monoisotopic (exact) mass is 299 g/mol. The number of nitrogens with zero attached hydrogens (tertiary/aromatic N) is 1. The van der Waals surface area contributed by atoms with Crippen LogP contribution in [0.25, 0.3) is 0 Å². The summed E-state index contributed by atoms with van der Waals surface area (Å²) in [6.07, 6.45) is 0. The molecule has 0 fully saturated rings. The van der Waals surface area contributed by atoms with Crippen LogP contribution in [-0.4, -0.2) is 8.42 Å². The summed E-state index contributed by atoms with van der Waals surface area (Å²) in [7, 11) is -3.24. The summed E-state index contributed by atoms with van der Waals surface area (Å²) < 4.78 is 24.7. The summed E-state index contributed by atoms with van der Waals surface area (Å²) in [5.41, 5.74) is 3.96. The number of hydrogen-bond acceptors (Lipinski definition) is 3. The first-order valence-electron chi connectivity index (χ1n) is 6.66. The minimum Gasteiger partial charge on any atom is -0.228 e. The molecule has 4 heteroatoms. The summed E-state index contributed by atoms with van der Waals surface area (Å²) in [5.74, 6) is 0.0397. The molecule has 0 N–H and O–H groups in total. The van der Waals surface area contributed by atoms with Gasteiger partial charge < -0.3 is 0 Å². The Labute approximate surface area is 125 Å². The van der Waals surface area contributed by atoms with Gasteiger partial charge in [0.05, 0.1) is 23.1 Å². The van der Waals surface area contributed by atoms with Gasteiger partial charge in [-0.3, -0.25) is 0 Å². The molecule has 2 aromatic rings. The highest BCUT2D eigenvalue weighted by Crippen LogP contribution is 2.18. The van der Waals surface area contributed by atoms with Crippen molar-refractivity contribution >= 4 is 9.84 Å². The third-order valence-corrected chi connectivity index (χ3v) is 4.99. The second-order valence-electron chi connectivity index (χ2n) is 5.21. The molecule has 2 aromatic carbocycles. The number of benzene rings is 2. The second kappa shape index (κ2) is 6.11. The van der Waals surface area contributed by atoms with E-state index >= 15 is 0 Å². The molecule has 0 atom stereocenters. The normalized spacial score (nSPS) is 11.1. The first kappa shape index (κ1) is 15.3. The fourth-order valence-electron chi connectivity index (χ4n) is 2.22. The molecule has 0 saturated carbocycles. The maximum atomic E-state index is 12.4. The van der Waals surface area contributed by atoms with Crippen molar-refractivity contribution < 1.29 is 8.42 Å². The molecule has 0 unspecified atom stereocenters. The van der Waals surface area contributed by atoms with E-state index in [1.165, 1.54) is 0 Å². The lowest BCUT2D eigenvalue weighted by Gasteiger charge is -2.09. The maximum Gasteiger partial charge on any atom is 0.158 e. The fraction of sp³-hybridized carbons (Fsp3) is 0.235. The third kappa shape index (κ3) is 3.93. The largest absolute Gasteiger partial charge is 0.228 e. The minimum absolute atomic E-state index is 0.00111. The van der Waals surface area contributed by atoms with Crippen molar-refractivity contribution in [3.05, 3.63) is 70.3 Å². The van der Waals surface area contributed by atoms with Gasteiger partial charge in [0.15, 0.2) is 9.84 Å². The zero-order valence-corrected chi connectivity index (χ0v) is 12.9. The van der Waals surface area contributed by atoms with Crippen molar-refractivity contribution in [2.75, 3.05) is 0 Å². The van der Waals surface area contributed by atoms with E-state index in [1.54, 1.807) is 18.2 Å². The lowest BCUT2D eigenvalue weighted by Crippen LogP contribution is -2.09. The molecule has 0 spiro atoms. The molecule has 0 aliphatic rings. The highest BCUT2D eigenvalue weighted by atomic mass is 32.2. The van der Waals surface area contributed by atoms with Gasteiger partial charge in [-0.05, 0) is 48.2 Å². The average molecular weight is 299 g/mol. The van der Waals surface area contributed by atoms with Crippen molar-refractivity contribution in [3.8, 4) is 6.07 Å². The van der Waals surface area contributed by atoms with Crippen LogP contribution in [0.5, 0.6) is 0 Å². The molecule has 0 aliphatic carbocycles. The van der Waals surface area contributed by atoms with Gasteiger partial charge >= 0.3 is 0 Å². The topological polar surface area (TPSA) is 57.9 Å². The summed E-state index contributed by atoms with van der Waals surface area (Å²) in [6.45, 7) is 3.75. The van der Waals surface area contributed by atoms with Gasteiger partial charge in [0.2, 0.25) is 0 Å². The van der Waals surface area contributed by atoms with Crippen molar-refractivity contribution in [1.29, 1.82) is 5.26 Å². The van der Waals surface area contributed by atoms with E-state index in [9.17, 15) is 8.42 Å². The van der Waals surface area contributed by atoms with E-state index in [0.29, 0.717) is 5.56 Å². The summed E-state index contributed by atoms with van der Waals surface area (Å²) in [4.78, 5) is 0. The Kier molecular flexibility index (Phi) is 4.44. The molecule has 2 rings (SSSR count). The van der Waals surface area contributed by atoms with Crippen LogP contribution < -0.4 is 0 Å². The molecule has 0 radical (unpaired) electrons. The Morgan fingerprint density at radius 2 is 1.57 bits per heavy atom. The van der Waals surface area contributed by atoms with Crippen LogP contribution in [0, 0.1) is 25.2 Å². The Hall–Kier alpha value is -2.12. The first-order valence-corrected chi connectivity index (χ1v) is 8.48. The van der Waals surface area contributed by atoms with E-state index in [0.717, 1.165) is 22.3 Å². The Morgan fingerprint density at radius 3 is 2.14 bits per heavy atom. The zero-order valence-electron chi connectivity index (χ0n) is 12.1. The lowest BCUT2D eigenvalue weighted by atomic mass is 10.1. The SMILES string of the molecule is Cc1ccccc1CS(=O)(=O)Cc1ccc(C#N)cc1C. The lowest BCUT2D eigenvalue weighted by molar-refractivity contribution is 0.594. The number of rotatable bonds is 4. The molecule has 0 aliphatic heterocycles. The van der Waals surface area contributed by atoms with Crippen molar-refractivity contribution in [2.45, 2.75) is 25.4 Å². The van der Waals surface area contributed by atoms with Gasteiger partial charge in [-0.15, -0.1) is 0 Å². The van der Waals surface area contributed by atoms with Crippen molar-refractivity contribution in [2.24, 2.45) is 0 Å². The van der Waals surface area contributed by atoms with Gasteiger partial charge in [-0.25, -0.2) is 8.42 Å². The van der Waals surface area contributed by atoms with E-state index in [4.69, 9.17) is 5.26 Å². The Morgan fingerprint density at radius 1 is 0.952 bits per heavy atom. The maximum absolute atomic E-state index is 12.4. The quantitative estimate of drug-likeness (QED) is 0.870. The molecule has 108 valence electrons. The smallest absolute Gasteiger partial charge is 0.158 e. The highest BCUT2D eigenvalue weighted by Gasteiger charge is 2.15. The second-order valence-corrected chi connectivity index (χ2v) is 7.28. The van der Waals surface area contributed by atoms with Crippen LogP contribution in [0.2, 0.25) is 0 Å². The number of hydrogen-bond donors (Lipinski definition) is 0. The predicted octanol–water partition coefficient (Wildman–Crippen LogP) is 3.29. The van der Waals surface area contributed by atoms with Crippen molar-refractivity contribution in [3.63, 3.8) is 0 Å². The average Bonchev–Trinajstić information content (AvgIpc) is 2.43. The fourth-order valence-corrected chi connectivity index (χ4v) is 3.92. The van der Waals surface area contributed by atoms with Gasteiger partial charge in [0.1, 0.15) is 0 Å². The van der Waals surface area contributed by atoms with E-state index in [1.807, 2.05) is 38.1 Å². The van der Waals surface area contributed by atoms with Gasteiger partial charge in [0, 0.05) is 0 Å². The van der Waals surface area contributed by atoms with Crippen LogP contribution >= 0.6 is 0 Å². The Bertz CT molecular complexity index is 802. The Balaban J connectivity index is 2.23. The van der Waals surface area contributed by atoms with Crippen LogP contribution in [0.4, 0.5) is 0 Å².